The highest BCUT2D eigenvalue weighted by molar-refractivity contribution is 6.30. The molecule has 4 nitrogen and oxygen atoms in total. The molecule has 5 heteroatoms. The Morgan fingerprint density at radius 3 is 2.53 bits per heavy atom. The third kappa shape index (κ3) is 3.39. The van der Waals surface area contributed by atoms with Crippen LogP contribution in [0.3, 0.4) is 0 Å². The molecule has 98 valence electrons. The van der Waals surface area contributed by atoms with Crippen LogP contribution in [0.25, 0.3) is 0 Å². The number of nitrogens with two attached hydrogens (primary N) is 1. The van der Waals surface area contributed by atoms with Gasteiger partial charge in [-0.05, 0) is 35.9 Å². The minimum Gasteiger partial charge on any atom is -0.488 e. The number of carboxylic acids is 1. The molecule has 19 heavy (non-hydrogen) atoms. The molecule has 0 bridgehead atoms. The lowest BCUT2D eigenvalue weighted by molar-refractivity contribution is 0.0692. The monoisotopic (exact) mass is 277 g/mol. The van der Waals surface area contributed by atoms with Gasteiger partial charge in [0.25, 0.3) is 0 Å². The zero-order valence-corrected chi connectivity index (χ0v) is 10.7. The SMILES string of the molecule is Nc1ccc(OCc2ccc(Cl)cc2)c(C(=O)O)c1. The zero-order chi connectivity index (χ0) is 13.8. The van der Waals surface area contributed by atoms with E-state index in [-0.39, 0.29) is 17.9 Å². The van der Waals surface area contributed by atoms with E-state index in [1.54, 1.807) is 24.3 Å². The van der Waals surface area contributed by atoms with Crippen LogP contribution in [-0.2, 0) is 6.61 Å². The van der Waals surface area contributed by atoms with Crippen molar-refractivity contribution in [2.75, 3.05) is 5.73 Å². The number of ether oxygens (including phenoxy) is 1. The molecular formula is C14H12ClNO3. The molecular weight excluding hydrogens is 266 g/mol. The van der Waals surface area contributed by atoms with Crippen molar-refractivity contribution in [3.63, 3.8) is 0 Å². The van der Waals surface area contributed by atoms with Gasteiger partial charge in [-0.3, -0.25) is 0 Å². The number of benzene rings is 2. The van der Waals surface area contributed by atoms with Crippen molar-refractivity contribution in [2.24, 2.45) is 0 Å². The predicted molar refractivity (Wildman–Crippen MR) is 73.6 cm³/mol. The lowest BCUT2D eigenvalue weighted by Gasteiger charge is -2.10. The molecule has 0 saturated carbocycles. The highest BCUT2D eigenvalue weighted by atomic mass is 35.5. The van der Waals surface area contributed by atoms with Crippen molar-refractivity contribution in [1.82, 2.24) is 0 Å². The van der Waals surface area contributed by atoms with Crippen molar-refractivity contribution in [2.45, 2.75) is 6.61 Å². The first-order valence-corrected chi connectivity index (χ1v) is 5.94. The molecule has 0 aromatic heterocycles. The number of rotatable bonds is 4. The Kier molecular flexibility index (Phi) is 3.92. The molecule has 0 unspecified atom stereocenters. The Balaban J connectivity index is 2.15. The van der Waals surface area contributed by atoms with Crippen molar-refractivity contribution >= 4 is 23.3 Å². The summed E-state index contributed by atoms with van der Waals surface area (Å²) >= 11 is 5.78. The van der Waals surface area contributed by atoms with Gasteiger partial charge in [0.1, 0.15) is 17.9 Å². The molecule has 0 heterocycles. The summed E-state index contributed by atoms with van der Waals surface area (Å²) in [5.41, 5.74) is 6.89. The van der Waals surface area contributed by atoms with E-state index in [4.69, 9.17) is 27.2 Å². The third-order valence-corrected chi connectivity index (χ3v) is 2.79. The van der Waals surface area contributed by atoms with Crippen LogP contribution in [0.5, 0.6) is 5.75 Å². The van der Waals surface area contributed by atoms with E-state index in [1.165, 1.54) is 6.07 Å². The topological polar surface area (TPSA) is 72.5 Å². The number of anilines is 1. The highest BCUT2D eigenvalue weighted by Crippen LogP contribution is 2.22. The van der Waals surface area contributed by atoms with Gasteiger partial charge in [0.15, 0.2) is 0 Å². The van der Waals surface area contributed by atoms with Crippen LogP contribution < -0.4 is 10.5 Å². The standard InChI is InChI=1S/C14H12ClNO3/c15-10-3-1-9(2-4-10)8-19-13-6-5-11(16)7-12(13)14(17)18/h1-7H,8,16H2,(H,17,18). The van der Waals surface area contributed by atoms with Gasteiger partial charge in [0.2, 0.25) is 0 Å². The Labute approximate surface area is 115 Å². The highest BCUT2D eigenvalue weighted by Gasteiger charge is 2.11. The summed E-state index contributed by atoms with van der Waals surface area (Å²) in [7, 11) is 0. The molecule has 2 aromatic carbocycles. The number of nitrogen functional groups attached to an aromatic ring is 1. The summed E-state index contributed by atoms with van der Waals surface area (Å²) in [5.74, 6) is -0.782. The Hall–Kier alpha value is -2.20. The molecule has 0 radical (unpaired) electrons. The van der Waals surface area contributed by atoms with Gasteiger partial charge >= 0.3 is 5.97 Å². The van der Waals surface area contributed by atoms with Gasteiger partial charge in [0.05, 0.1) is 0 Å². The van der Waals surface area contributed by atoms with Gasteiger partial charge < -0.3 is 15.6 Å². The van der Waals surface area contributed by atoms with Gasteiger partial charge in [-0.2, -0.15) is 0 Å². The molecule has 0 spiro atoms. The number of hydrogen-bond donors (Lipinski definition) is 2. The first-order valence-electron chi connectivity index (χ1n) is 5.56. The summed E-state index contributed by atoms with van der Waals surface area (Å²) in [4.78, 5) is 11.1. The Morgan fingerprint density at radius 2 is 1.89 bits per heavy atom. The van der Waals surface area contributed by atoms with E-state index in [2.05, 4.69) is 0 Å². The van der Waals surface area contributed by atoms with Crippen LogP contribution in [-0.4, -0.2) is 11.1 Å². The molecule has 0 aliphatic heterocycles. The third-order valence-electron chi connectivity index (χ3n) is 2.54. The second-order valence-corrected chi connectivity index (χ2v) is 4.41. The van der Waals surface area contributed by atoms with Crippen molar-refractivity contribution in [3.8, 4) is 5.75 Å². The average molecular weight is 278 g/mol. The van der Waals surface area contributed by atoms with Crippen LogP contribution in [0.2, 0.25) is 5.02 Å². The number of aromatic carboxylic acids is 1. The molecule has 0 aliphatic carbocycles. The fourth-order valence-electron chi connectivity index (χ4n) is 1.58. The summed E-state index contributed by atoms with van der Waals surface area (Å²) in [6.07, 6.45) is 0. The van der Waals surface area contributed by atoms with Gasteiger partial charge in [-0.25, -0.2) is 4.79 Å². The minimum atomic E-state index is -1.07. The first kappa shape index (κ1) is 13.2. The molecule has 2 aromatic rings. The smallest absolute Gasteiger partial charge is 0.339 e. The molecule has 0 saturated heterocycles. The second kappa shape index (κ2) is 5.63. The van der Waals surface area contributed by atoms with E-state index in [0.717, 1.165) is 5.56 Å². The normalized spacial score (nSPS) is 10.2. The number of halogens is 1. The average Bonchev–Trinajstić information content (AvgIpc) is 2.39. The number of carbonyl (C=O) groups is 1. The van der Waals surface area contributed by atoms with E-state index in [1.807, 2.05) is 12.1 Å². The van der Waals surface area contributed by atoms with Gasteiger partial charge in [-0.15, -0.1) is 0 Å². The molecule has 3 N–H and O–H groups in total. The molecule has 2 rings (SSSR count). The Bertz CT molecular complexity index is 596. The Morgan fingerprint density at radius 1 is 1.21 bits per heavy atom. The van der Waals surface area contributed by atoms with Gasteiger partial charge in [0, 0.05) is 10.7 Å². The lowest BCUT2D eigenvalue weighted by Crippen LogP contribution is -2.04. The molecule has 0 fully saturated rings. The molecule has 0 atom stereocenters. The maximum atomic E-state index is 11.1. The quantitative estimate of drug-likeness (QED) is 0.842. The molecule has 0 aliphatic rings. The van der Waals surface area contributed by atoms with E-state index < -0.39 is 5.97 Å². The maximum absolute atomic E-state index is 11.1. The van der Waals surface area contributed by atoms with Crippen LogP contribution >= 0.6 is 11.6 Å². The number of hydrogen-bond acceptors (Lipinski definition) is 3. The maximum Gasteiger partial charge on any atom is 0.339 e. The predicted octanol–water partition coefficient (Wildman–Crippen LogP) is 3.20. The van der Waals surface area contributed by atoms with Crippen molar-refractivity contribution in [3.05, 3.63) is 58.6 Å². The summed E-state index contributed by atoms with van der Waals surface area (Å²) in [6.45, 7) is 0.265. The second-order valence-electron chi connectivity index (χ2n) is 3.98. The molecule has 0 amide bonds. The summed E-state index contributed by atoms with van der Waals surface area (Å²) in [5, 5.41) is 9.71. The summed E-state index contributed by atoms with van der Waals surface area (Å²) in [6, 6.07) is 11.7. The number of carboxylic acid groups (broad SMARTS) is 1. The fraction of sp³-hybridized carbons (Fsp3) is 0.0714. The zero-order valence-electron chi connectivity index (χ0n) is 9.97. The van der Waals surface area contributed by atoms with Crippen LogP contribution in [0.4, 0.5) is 5.69 Å². The summed E-state index contributed by atoms with van der Waals surface area (Å²) < 4.78 is 5.50. The fourth-order valence-corrected chi connectivity index (χ4v) is 1.71. The van der Waals surface area contributed by atoms with Crippen LogP contribution in [0, 0.1) is 0 Å². The van der Waals surface area contributed by atoms with Crippen LogP contribution in [0.15, 0.2) is 42.5 Å². The lowest BCUT2D eigenvalue weighted by atomic mass is 10.2. The minimum absolute atomic E-state index is 0.0500. The van der Waals surface area contributed by atoms with Gasteiger partial charge in [-0.1, -0.05) is 23.7 Å². The van der Waals surface area contributed by atoms with E-state index >= 15 is 0 Å². The van der Waals surface area contributed by atoms with E-state index in [0.29, 0.717) is 10.7 Å². The van der Waals surface area contributed by atoms with Crippen molar-refractivity contribution < 1.29 is 14.6 Å². The van der Waals surface area contributed by atoms with E-state index in [9.17, 15) is 4.79 Å². The first-order chi connectivity index (χ1) is 9.06. The van der Waals surface area contributed by atoms with Crippen molar-refractivity contribution in [1.29, 1.82) is 0 Å². The van der Waals surface area contributed by atoms with Crippen LogP contribution in [0.1, 0.15) is 15.9 Å². The largest absolute Gasteiger partial charge is 0.488 e.